The number of ether oxygens (including phenoxy) is 1. The fourth-order valence-corrected chi connectivity index (χ4v) is 1.41. The highest BCUT2D eigenvalue weighted by Crippen LogP contribution is 2.33. The van der Waals surface area contributed by atoms with Crippen LogP contribution in [0.15, 0.2) is 23.2 Å². The summed E-state index contributed by atoms with van der Waals surface area (Å²) >= 11 is 0.979. The van der Waals surface area contributed by atoms with Gasteiger partial charge in [0, 0.05) is 6.07 Å². The molecule has 9 heteroatoms. The molecule has 0 spiro atoms. The maximum Gasteiger partial charge on any atom is 0.573 e. The monoisotopic (exact) mass is 293 g/mol. The average molecular weight is 293 g/mol. The Bertz CT molecular complexity index is 524. The van der Waals surface area contributed by atoms with E-state index in [0.29, 0.717) is 0 Å². The fraction of sp³-hybridized carbons (Fsp3) is 0.200. The van der Waals surface area contributed by atoms with Crippen molar-refractivity contribution in [1.29, 1.82) is 5.26 Å². The number of halogens is 4. The van der Waals surface area contributed by atoms with Crippen LogP contribution in [-0.2, 0) is 0 Å². The number of rotatable bonds is 2. The Morgan fingerprint density at radius 1 is 1.47 bits per heavy atom. The van der Waals surface area contributed by atoms with Crippen LogP contribution >= 0.6 is 11.8 Å². The molecular formula is C10H7F4N3OS. The molecule has 0 unspecified atom stereocenters. The number of hydrogen-bond donors (Lipinski definition) is 1. The van der Waals surface area contributed by atoms with Crippen LogP contribution in [0.1, 0.15) is 0 Å². The fourth-order valence-electron chi connectivity index (χ4n) is 1.07. The summed E-state index contributed by atoms with van der Waals surface area (Å²) in [5.41, 5.74) is -0.371. The van der Waals surface area contributed by atoms with Crippen molar-refractivity contribution in [1.82, 2.24) is 5.32 Å². The first-order chi connectivity index (χ1) is 8.85. The van der Waals surface area contributed by atoms with E-state index in [1.807, 2.05) is 0 Å². The molecule has 0 aliphatic carbocycles. The third-order valence-corrected chi connectivity index (χ3v) is 2.30. The van der Waals surface area contributed by atoms with Gasteiger partial charge in [-0.25, -0.2) is 9.38 Å². The SMILES string of the molecule is CSC(=Nc1cc(F)ccc1OC(F)(F)F)NC#N. The van der Waals surface area contributed by atoms with E-state index in [2.05, 4.69) is 15.0 Å². The molecule has 0 aromatic heterocycles. The van der Waals surface area contributed by atoms with Crippen LogP contribution in [0.5, 0.6) is 5.75 Å². The zero-order chi connectivity index (χ0) is 14.5. The van der Waals surface area contributed by atoms with Crippen molar-refractivity contribution in [3.63, 3.8) is 0 Å². The number of nitriles is 1. The zero-order valence-corrected chi connectivity index (χ0v) is 10.3. The second-order valence-corrected chi connectivity index (χ2v) is 3.81. The van der Waals surface area contributed by atoms with Gasteiger partial charge in [0.25, 0.3) is 0 Å². The van der Waals surface area contributed by atoms with E-state index in [0.717, 1.165) is 30.0 Å². The summed E-state index contributed by atoms with van der Waals surface area (Å²) in [6.07, 6.45) is -1.80. The molecule has 0 fully saturated rings. The summed E-state index contributed by atoms with van der Waals surface area (Å²) in [4.78, 5) is 3.69. The highest BCUT2D eigenvalue weighted by molar-refractivity contribution is 8.13. The lowest BCUT2D eigenvalue weighted by Gasteiger charge is -2.11. The van der Waals surface area contributed by atoms with Gasteiger partial charge in [0.2, 0.25) is 0 Å². The molecule has 0 bridgehead atoms. The number of hydrogen-bond acceptors (Lipinski definition) is 4. The average Bonchev–Trinajstić information content (AvgIpc) is 2.30. The quantitative estimate of drug-likeness (QED) is 0.299. The first-order valence-electron chi connectivity index (χ1n) is 4.69. The van der Waals surface area contributed by atoms with Crippen molar-refractivity contribution < 1.29 is 22.3 Å². The van der Waals surface area contributed by atoms with Gasteiger partial charge >= 0.3 is 6.36 Å². The number of nitrogens with zero attached hydrogens (tertiary/aromatic N) is 2. The summed E-state index contributed by atoms with van der Waals surface area (Å²) < 4.78 is 53.2. The van der Waals surface area contributed by atoms with Crippen molar-refractivity contribution in [3.8, 4) is 11.9 Å². The number of thioether (sulfide) groups is 1. The molecule has 4 nitrogen and oxygen atoms in total. The van der Waals surface area contributed by atoms with E-state index < -0.39 is 17.9 Å². The van der Waals surface area contributed by atoms with Crippen LogP contribution in [-0.4, -0.2) is 17.8 Å². The number of nitrogens with one attached hydrogen (secondary N) is 1. The predicted octanol–water partition coefficient (Wildman–Crippen LogP) is 3.15. The molecule has 0 saturated heterocycles. The smallest absolute Gasteiger partial charge is 0.403 e. The second-order valence-electron chi connectivity index (χ2n) is 3.02. The maximum atomic E-state index is 13.0. The topological polar surface area (TPSA) is 57.4 Å². The van der Waals surface area contributed by atoms with Crippen LogP contribution in [0.3, 0.4) is 0 Å². The molecular weight excluding hydrogens is 286 g/mol. The lowest BCUT2D eigenvalue weighted by molar-refractivity contribution is -0.274. The van der Waals surface area contributed by atoms with E-state index in [-0.39, 0.29) is 10.9 Å². The molecule has 0 aliphatic heterocycles. The van der Waals surface area contributed by atoms with Gasteiger partial charge in [0.05, 0.1) is 0 Å². The number of alkyl halides is 3. The molecule has 1 aromatic rings. The molecule has 0 radical (unpaired) electrons. The molecule has 0 aliphatic rings. The molecule has 1 N–H and O–H groups in total. The first kappa shape index (κ1) is 15.1. The van der Waals surface area contributed by atoms with Gasteiger partial charge in [-0.3, -0.25) is 5.32 Å². The van der Waals surface area contributed by atoms with E-state index in [1.165, 1.54) is 0 Å². The van der Waals surface area contributed by atoms with Gasteiger partial charge in [-0.2, -0.15) is 5.26 Å². The third-order valence-electron chi connectivity index (χ3n) is 1.72. The van der Waals surface area contributed by atoms with Crippen molar-refractivity contribution in [3.05, 3.63) is 24.0 Å². The normalized spacial score (nSPS) is 11.9. The Labute approximate surface area is 110 Å². The molecule has 0 heterocycles. The maximum absolute atomic E-state index is 13.0. The molecule has 0 amide bonds. The van der Waals surface area contributed by atoms with E-state index in [9.17, 15) is 17.6 Å². The summed E-state index contributed by atoms with van der Waals surface area (Å²) in [7, 11) is 0. The van der Waals surface area contributed by atoms with Gasteiger partial charge in [-0.15, -0.1) is 13.2 Å². The summed E-state index contributed by atoms with van der Waals surface area (Å²) in [6, 6.07) is 2.40. The predicted molar refractivity (Wildman–Crippen MR) is 62.4 cm³/mol. The molecule has 19 heavy (non-hydrogen) atoms. The molecule has 1 aromatic carbocycles. The minimum atomic E-state index is -4.91. The Morgan fingerprint density at radius 3 is 2.68 bits per heavy atom. The molecule has 0 saturated carbocycles. The summed E-state index contributed by atoms with van der Waals surface area (Å²) in [6.45, 7) is 0. The van der Waals surface area contributed by atoms with Crippen LogP contribution in [0.2, 0.25) is 0 Å². The zero-order valence-electron chi connectivity index (χ0n) is 9.45. The number of aliphatic imine (C=N–C) groups is 1. The van der Waals surface area contributed by atoms with Crippen LogP contribution < -0.4 is 10.1 Å². The Morgan fingerprint density at radius 2 is 2.16 bits per heavy atom. The van der Waals surface area contributed by atoms with Crippen molar-refractivity contribution in [2.75, 3.05) is 6.26 Å². The van der Waals surface area contributed by atoms with Gasteiger partial charge in [-0.1, -0.05) is 11.8 Å². The van der Waals surface area contributed by atoms with Crippen molar-refractivity contribution in [2.24, 2.45) is 4.99 Å². The van der Waals surface area contributed by atoms with Gasteiger partial charge in [0.15, 0.2) is 17.1 Å². The van der Waals surface area contributed by atoms with E-state index >= 15 is 0 Å². The molecule has 0 atom stereocenters. The highest BCUT2D eigenvalue weighted by Gasteiger charge is 2.32. The number of amidine groups is 1. The van der Waals surface area contributed by atoms with E-state index in [4.69, 9.17) is 5.26 Å². The van der Waals surface area contributed by atoms with Gasteiger partial charge < -0.3 is 4.74 Å². The second kappa shape index (κ2) is 6.29. The van der Waals surface area contributed by atoms with Crippen LogP contribution in [0, 0.1) is 17.3 Å². The Hall–Kier alpha value is -1.95. The highest BCUT2D eigenvalue weighted by atomic mass is 32.2. The first-order valence-corrected chi connectivity index (χ1v) is 5.91. The molecule has 1 rings (SSSR count). The van der Waals surface area contributed by atoms with Crippen LogP contribution in [0.25, 0.3) is 0 Å². The minimum Gasteiger partial charge on any atom is -0.403 e. The third kappa shape index (κ3) is 5.05. The summed E-state index contributed by atoms with van der Waals surface area (Å²) in [5.74, 6) is -1.43. The Kier molecular flexibility index (Phi) is 5.00. The number of benzene rings is 1. The van der Waals surface area contributed by atoms with Gasteiger partial charge in [0.1, 0.15) is 11.5 Å². The van der Waals surface area contributed by atoms with Crippen molar-refractivity contribution in [2.45, 2.75) is 6.36 Å². The van der Waals surface area contributed by atoms with Crippen molar-refractivity contribution >= 4 is 22.6 Å². The molecule has 102 valence electrons. The summed E-state index contributed by atoms with van der Waals surface area (Å²) in [5, 5.41) is 10.6. The standard InChI is InChI=1S/C10H7F4N3OS/c1-19-9(16-5-15)17-7-4-6(11)2-3-8(7)18-10(12,13)14/h2-4H,1H3,(H,16,17). The Balaban J connectivity index is 3.17. The lowest BCUT2D eigenvalue weighted by Crippen LogP contribution is -2.17. The van der Waals surface area contributed by atoms with Gasteiger partial charge in [-0.05, 0) is 18.4 Å². The minimum absolute atomic E-state index is 0.0140. The largest absolute Gasteiger partial charge is 0.573 e. The lowest BCUT2D eigenvalue weighted by atomic mass is 10.3. The van der Waals surface area contributed by atoms with E-state index in [1.54, 1.807) is 12.4 Å². The van der Waals surface area contributed by atoms with Crippen LogP contribution in [0.4, 0.5) is 23.2 Å².